The minimum Gasteiger partial charge on any atom is -0.493 e. The molecule has 0 unspecified atom stereocenters. The molecule has 2 aromatic carbocycles. The van der Waals surface area contributed by atoms with Gasteiger partial charge in [-0.15, -0.1) is 0 Å². The molecule has 0 bridgehead atoms. The van der Waals surface area contributed by atoms with Crippen molar-refractivity contribution in [3.05, 3.63) is 42.0 Å². The van der Waals surface area contributed by atoms with Crippen LogP contribution in [0.15, 0.2) is 46.2 Å². The Hall–Kier alpha value is -2.83. The van der Waals surface area contributed by atoms with Crippen LogP contribution in [-0.2, 0) is 24.8 Å². The van der Waals surface area contributed by atoms with Gasteiger partial charge < -0.3 is 14.2 Å². The summed E-state index contributed by atoms with van der Waals surface area (Å²) in [5.41, 5.74) is -0.177. The second-order valence-electron chi connectivity index (χ2n) is 6.41. The average molecular weight is 487 g/mol. The summed E-state index contributed by atoms with van der Waals surface area (Å²) in [6.45, 7) is 4.00. The van der Waals surface area contributed by atoms with Gasteiger partial charge in [-0.25, -0.2) is 21.6 Å². The van der Waals surface area contributed by atoms with Crippen LogP contribution in [-0.4, -0.2) is 61.5 Å². The van der Waals surface area contributed by atoms with Crippen molar-refractivity contribution in [2.75, 3.05) is 39.1 Å². The highest BCUT2D eigenvalue weighted by Crippen LogP contribution is 2.35. The molecule has 0 saturated carbocycles. The molecule has 32 heavy (non-hydrogen) atoms. The van der Waals surface area contributed by atoms with Gasteiger partial charge >= 0.3 is 5.97 Å². The predicted octanol–water partition coefficient (Wildman–Crippen LogP) is 2.32. The predicted molar refractivity (Wildman–Crippen MR) is 118 cm³/mol. The van der Waals surface area contributed by atoms with E-state index in [2.05, 4.69) is 4.72 Å². The topological polar surface area (TPSA) is 128 Å². The molecule has 10 nitrogen and oxygen atoms in total. The number of nitrogens with zero attached hydrogens (tertiary/aromatic N) is 1. The zero-order valence-corrected chi connectivity index (χ0v) is 20.0. The van der Waals surface area contributed by atoms with E-state index < -0.39 is 26.0 Å². The summed E-state index contributed by atoms with van der Waals surface area (Å²) in [5.74, 6) is -0.385. The normalized spacial score (nSPS) is 11.8. The number of carbonyl (C=O) groups is 1. The number of hydrogen-bond donors (Lipinski definition) is 1. The van der Waals surface area contributed by atoms with Crippen LogP contribution in [0, 0.1) is 0 Å². The minimum absolute atomic E-state index is 0.0264. The van der Waals surface area contributed by atoms with E-state index in [1.807, 2.05) is 0 Å². The van der Waals surface area contributed by atoms with E-state index >= 15 is 0 Å². The minimum atomic E-state index is -4.18. The number of hydrogen-bond acceptors (Lipinski definition) is 8. The highest BCUT2D eigenvalue weighted by molar-refractivity contribution is 7.92. The fraction of sp³-hybridized carbons (Fsp3) is 0.350. The van der Waals surface area contributed by atoms with Crippen molar-refractivity contribution in [2.45, 2.75) is 23.6 Å². The quantitative estimate of drug-likeness (QED) is 0.507. The fourth-order valence-corrected chi connectivity index (χ4v) is 5.48. The smallest absolute Gasteiger partial charge is 0.340 e. The van der Waals surface area contributed by atoms with Gasteiger partial charge in [-0.3, -0.25) is 4.72 Å². The molecule has 0 aliphatic carbocycles. The summed E-state index contributed by atoms with van der Waals surface area (Å²) >= 11 is 0. The van der Waals surface area contributed by atoms with Gasteiger partial charge in [-0.1, -0.05) is 13.8 Å². The van der Waals surface area contributed by atoms with E-state index in [-0.39, 0.29) is 45.6 Å². The van der Waals surface area contributed by atoms with Crippen LogP contribution >= 0.6 is 0 Å². The SMILES string of the molecule is CCN(CC)S(=O)(=O)c1ccc(S(=O)(=O)Nc2cc(OC)c(OC)cc2C(=O)OC)cc1. The van der Waals surface area contributed by atoms with E-state index in [4.69, 9.17) is 14.2 Å². The van der Waals surface area contributed by atoms with Crippen molar-refractivity contribution in [3.63, 3.8) is 0 Å². The van der Waals surface area contributed by atoms with E-state index in [1.165, 1.54) is 54.9 Å². The first kappa shape index (κ1) is 25.4. The van der Waals surface area contributed by atoms with Gasteiger partial charge in [0.2, 0.25) is 10.0 Å². The molecule has 176 valence electrons. The van der Waals surface area contributed by atoms with Crippen LogP contribution < -0.4 is 14.2 Å². The number of nitrogens with one attached hydrogen (secondary N) is 1. The second kappa shape index (κ2) is 10.2. The van der Waals surface area contributed by atoms with Gasteiger partial charge in [-0.05, 0) is 24.3 Å². The number of rotatable bonds is 10. The highest BCUT2D eigenvalue weighted by atomic mass is 32.2. The van der Waals surface area contributed by atoms with Crippen LogP contribution in [0.5, 0.6) is 11.5 Å². The molecule has 0 amide bonds. The van der Waals surface area contributed by atoms with Crippen LogP contribution in [0.2, 0.25) is 0 Å². The first-order valence-electron chi connectivity index (χ1n) is 9.53. The van der Waals surface area contributed by atoms with Gasteiger partial charge in [0, 0.05) is 25.2 Å². The molecule has 0 radical (unpaired) electrons. The van der Waals surface area contributed by atoms with E-state index in [0.29, 0.717) is 0 Å². The summed E-state index contributed by atoms with van der Waals surface area (Å²) in [6, 6.07) is 7.38. The number of anilines is 1. The van der Waals surface area contributed by atoms with Crippen molar-refractivity contribution < 1.29 is 35.8 Å². The Kier molecular flexibility index (Phi) is 8.10. The average Bonchev–Trinajstić information content (AvgIpc) is 2.78. The molecule has 0 atom stereocenters. The standard InChI is InChI=1S/C20H26N2O8S2/c1-6-22(7-2)32(26,27)15-10-8-14(9-11-15)31(24,25)21-17-13-19(29-4)18(28-3)12-16(17)20(23)30-5/h8-13,21H,6-7H2,1-5H3. The highest BCUT2D eigenvalue weighted by Gasteiger charge is 2.25. The van der Waals surface area contributed by atoms with Crippen LogP contribution in [0.4, 0.5) is 5.69 Å². The monoisotopic (exact) mass is 486 g/mol. The zero-order chi connectivity index (χ0) is 24.1. The lowest BCUT2D eigenvalue weighted by Gasteiger charge is -2.18. The van der Waals surface area contributed by atoms with Gasteiger partial charge in [0.25, 0.3) is 10.0 Å². The van der Waals surface area contributed by atoms with Crippen molar-refractivity contribution >= 4 is 31.7 Å². The Labute approximate surface area is 188 Å². The molecule has 0 aliphatic heterocycles. The van der Waals surface area contributed by atoms with Gasteiger partial charge in [-0.2, -0.15) is 4.31 Å². The Bertz CT molecular complexity index is 1170. The molecule has 0 aromatic heterocycles. The Morgan fingerprint density at radius 1 is 0.875 bits per heavy atom. The summed E-state index contributed by atoms with van der Waals surface area (Å²) in [5, 5.41) is 0. The van der Waals surface area contributed by atoms with Gasteiger partial charge in [0.15, 0.2) is 11.5 Å². The molecular weight excluding hydrogens is 460 g/mol. The maximum atomic E-state index is 12.9. The van der Waals surface area contributed by atoms with Crippen molar-refractivity contribution in [1.82, 2.24) is 4.31 Å². The van der Waals surface area contributed by atoms with Gasteiger partial charge in [0.1, 0.15) is 0 Å². The van der Waals surface area contributed by atoms with Crippen LogP contribution in [0.3, 0.4) is 0 Å². The molecular formula is C20H26N2O8S2. The molecule has 0 saturated heterocycles. The molecule has 0 aliphatic rings. The number of ether oxygens (including phenoxy) is 3. The third-order valence-electron chi connectivity index (χ3n) is 4.65. The van der Waals surface area contributed by atoms with Crippen molar-refractivity contribution in [2.24, 2.45) is 0 Å². The lowest BCUT2D eigenvalue weighted by atomic mass is 10.1. The third kappa shape index (κ3) is 5.14. The van der Waals surface area contributed by atoms with E-state index in [1.54, 1.807) is 13.8 Å². The summed E-state index contributed by atoms with van der Waals surface area (Å²) in [6.07, 6.45) is 0. The lowest BCUT2D eigenvalue weighted by Crippen LogP contribution is -2.30. The maximum Gasteiger partial charge on any atom is 0.340 e. The zero-order valence-electron chi connectivity index (χ0n) is 18.4. The Morgan fingerprint density at radius 3 is 1.84 bits per heavy atom. The summed E-state index contributed by atoms with van der Waals surface area (Å²) < 4.78 is 69.7. The van der Waals surface area contributed by atoms with Crippen LogP contribution in [0.25, 0.3) is 0 Å². The third-order valence-corrected chi connectivity index (χ3v) is 8.10. The van der Waals surface area contributed by atoms with Crippen molar-refractivity contribution in [1.29, 1.82) is 0 Å². The molecule has 0 fully saturated rings. The number of carbonyl (C=O) groups excluding carboxylic acids is 1. The molecule has 1 N–H and O–H groups in total. The Morgan fingerprint density at radius 2 is 1.38 bits per heavy atom. The molecule has 12 heteroatoms. The number of sulfonamides is 2. The number of esters is 1. The van der Waals surface area contributed by atoms with E-state index in [9.17, 15) is 21.6 Å². The fourth-order valence-electron chi connectivity index (χ4n) is 2.95. The lowest BCUT2D eigenvalue weighted by molar-refractivity contribution is 0.0601. The first-order valence-corrected chi connectivity index (χ1v) is 12.4. The Balaban J connectivity index is 2.47. The maximum absolute atomic E-state index is 12.9. The number of benzene rings is 2. The molecule has 0 heterocycles. The second-order valence-corrected chi connectivity index (χ2v) is 10.0. The number of methoxy groups -OCH3 is 3. The molecule has 0 spiro atoms. The van der Waals surface area contributed by atoms with Gasteiger partial charge in [0.05, 0.1) is 42.4 Å². The van der Waals surface area contributed by atoms with Crippen molar-refractivity contribution in [3.8, 4) is 11.5 Å². The first-order chi connectivity index (χ1) is 15.0. The summed E-state index contributed by atoms with van der Waals surface area (Å²) in [4.78, 5) is 12.0. The molecule has 2 aromatic rings. The summed E-state index contributed by atoms with van der Waals surface area (Å²) in [7, 11) is -4.02. The van der Waals surface area contributed by atoms with Crippen LogP contribution in [0.1, 0.15) is 24.2 Å². The molecule has 2 rings (SSSR count). The largest absolute Gasteiger partial charge is 0.493 e. The van der Waals surface area contributed by atoms with E-state index in [0.717, 1.165) is 7.11 Å².